The Hall–Kier alpha value is -0.590. The van der Waals surface area contributed by atoms with E-state index in [-0.39, 0.29) is 0 Å². The molecule has 0 aromatic heterocycles. The first-order chi connectivity index (χ1) is 4.43. The van der Waals surface area contributed by atoms with Crippen molar-refractivity contribution in [3.05, 3.63) is 0 Å². The zero-order valence-electron chi connectivity index (χ0n) is 5.35. The molecule has 1 saturated heterocycles. The Balaban J connectivity index is 1.87. The van der Waals surface area contributed by atoms with Gasteiger partial charge in [0.15, 0.2) is 0 Å². The van der Waals surface area contributed by atoms with Gasteiger partial charge in [0.2, 0.25) is 0 Å². The molecule has 3 heteroatoms. The molecular weight excluding hydrogens is 114 g/mol. The first kappa shape index (κ1) is 6.53. The standard InChI is InChI=1S/C6H11N3/c7-2-1-3-9-6-4-8-5-6/h6,8-9H,1,3-5H2. The lowest BCUT2D eigenvalue weighted by Crippen LogP contribution is -2.55. The Bertz CT molecular complexity index is 112. The molecule has 0 aromatic carbocycles. The first-order valence-corrected chi connectivity index (χ1v) is 3.24. The fourth-order valence-electron chi connectivity index (χ4n) is 0.765. The molecule has 9 heavy (non-hydrogen) atoms. The van der Waals surface area contributed by atoms with Crippen molar-refractivity contribution in [1.82, 2.24) is 10.6 Å². The molecule has 50 valence electrons. The van der Waals surface area contributed by atoms with Gasteiger partial charge in [-0.25, -0.2) is 0 Å². The normalized spacial score (nSPS) is 18.6. The summed E-state index contributed by atoms with van der Waals surface area (Å²) in [6.07, 6.45) is 0.622. The van der Waals surface area contributed by atoms with Crippen molar-refractivity contribution in [1.29, 1.82) is 5.26 Å². The van der Waals surface area contributed by atoms with Crippen LogP contribution in [-0.4, -0.2) is 25.7 Å². The highest BCUT2D eigenvalue weighted by atomic mass is 15.1. The van der Waals surface area contributed by atoms with Crippen LogP contribution in [0.3, 0.4) is 0 Å². The van der Waals surface area contributed by atoms with Gasteiger partial charge < -0.3 is 10.6 Å². The van der Waals surface area contributed by atoms with E-state index in [0.717, 1.165) is 19.6 Å². The minimum atomic E-state index is 0.622. The maximum absolute atomic E-state index is 8.16. The highest BCUT2D eigenvalue weighted by molar-refractivity contribution is 4.82. The van der Waals surface area contributed by atoms with Crippen molar-refractivity contribution in [2.45, 2.75) is 12.5 Å². The van der Waals surface area contributed by atoms with Gasteiger partial charge in [0, 0.05) is 32.1 Å². The Morgan fingerprint density at radius 3 is 2.89 bits per heavy atom. The van der Waals surface area contributed by atoms with E-state index in [1.807, 2.05) is 0 Å². The molecule has 0 unspecified atom stereocenters. The Morgan fingerprint density at radius 2 is 2.44 bits per heavy atom. The summed E-state index contributed by atoms with van der Waals surface area (Å²) in [6, 6.07) is 2.71. The fraction of sp³-hybridized carbons (Fsp3) is 0.833. The Morgan fingerprint density at radius 1 is 1.67 bits per heavy atom. The van der Waals surface area contributed by atoms with E-state index in [4.69, 9.17) is 5.26 Å². The smallest absolute Gasteiger partial charge is 0.0635 e. The quantitative estimate of drug-likeness (QED) is 0.498. The van der Waals surface area contributed by atoms with Crippen LogP contribution in [0.2, 0.25) is 0 Å². The van der Waals surface area contributed by atoms with Gasteiger partial charge in [0.25, 0.3) is 0 Å². The average molecular weight is 125 g/mol. The number of rotatable bonds is 3. The number of hydrogen-bond donors (Lipinski definition) is 2. The van der Waals surface area contributed by atoms with E-state index < -0.39 is 0 Å². The van der Waals surface area contributed by atoms with Crippen LogP contribution in [0.25, 0.3) is 0 Å². The zero-order valence-corrected chi connectivity index (χ0v) is 5.35. The molecule has 0 atom stereocenters. The molecule has 1 rings (SSSR count). The van der Waals surface area contributed by atoms with Crippen LogP contribution in [0.4, 0.5) is 0 Å². The predicted molar refractivity (Wildman–Crippen MR) is 34.9 cm³/mol. The Labute approximate surface area is 55.1 Å². The molecule has 0 saturated carbocycles. The molecule has 1 fully saturated rings. The summed E-state index contributed by atoms with van der Waals surface area (Å²) in [5, 5.41) is 14.5. The summed E-state index contributed by atoms with van der Waals surface area (Å²) in [7, 11) is 0. The lowest BCUT2D eigenvalue weighted by Gasteiger charge is -2.27. The van der Waals surface area contributed by atoms with Crippen molar-refractivity contribution >= 4 is 0 Å². The van der Waals surface area contributed by atoms with Crippen LogP contribution in [0.15, 0.2) is 0 Å². The number of nitrogens with one attached hydrogen (secondary N) is 2. The molecule has 1 aliphatic rings. The monoisotopic (exact) mass is 125 g/mol. The van der Waals surface area contributed by atoms with E-state index in [0.29, 0.717) is 12.5 Å². The van der Waals surface area contributed by atoms with Gasteiger partial charge in [-0.05, 0) is 0 Å². The third-order valence-electron chi connectivity index (χ3n) is 1.45. The summed E-state index contributed by atoms with van der Waals surface area (Å²) < 4.78 is 0. The van der Waals surface area contributed by atoms with Crippen LogP contribution in [0, 0.1) is 11.3 Å². The molecule has 0 aliphatic carbocycles. The van der Waals surface area contributed by atoms with Crippen molar-refractivity contribution in [2.75, 3.05) is 19.6 Å². The molecule has 0 spiro atoms. The van der Waals surface area contributed by atoms with Gasteiger partial charge in [-0.3, -0.25) is 0 Å². The minimum Gasteiger partial charge on any atom is -0.314 e. The average Bonchev–Trinajstić information content (AvgIpc) is 1.76. The van der Waals surface area contributed by atoms with E-state index in [2.05, 4.69) is 16.7 Å². The van der Waals surface area contributed by atoms with Crippen molar-refractivity contribution in [3.8, 4) is 6.07 Å². The van der Waals surface area contributed by atoms with E-state index in [1.165, 1.54) is 0 Å². The molecule has 0 amide bonds. The maximum atomic E-state index is 8.16. The first-order valence-electron chi connectivity index (χ1n) is 3.24. The van der Waals surface area contributed by atoms with Gasteiger partial charge in [0.05, 0.1) is 6.07 Å². The van der Waals surface area contributed by atoms with Crippen LogP contribution in [0.5, 0.6) is 0 Å². The lowest BCUT2D eigenvalue weighted by molar-refractivity contribution is 0.370. The summed E-state index contributed by atoms with van der Waals surface area (Å²) >= 11 is 0. The van der Waals surface area contributed by atoms with Crippen LogP contribution in [0.1, 0.15) is 6.42 Å². The fourth-order valence-corrected chi connectivity index (χ4v) is 0.765. The molecule has 0 aromatic rings. The van der Waals surface area contributed by atoms with Crippen LogP contribution in [-0.2, 0) is 0 Å². The zero-order chi connectivity index (χ0) is 6.53. The van der Waals surface area contributed by atoms with Crippen molar-refractivity contribution in [2.24, 2.45) is 0 Å². The molecule has 1 heterocycles. The van der Waals surface area contributed by atoms with Crippen molar-refractivity contribution < 1.29 is 0 Å². The summed E-state index contributed by atoms with van der Waals surface area (Å²) in [6.45, 7) is 2.96. The number of nitriles is 1. The van der Waals surface area contributed by atoms with Crippen LogP contribution >= 0.6 is 0 Å². The second-order valence-corrected chi connectivity index (χ2v) is 2.22. The number of nitrogens with zero attached hydrogens (tertiary/aromatic N) is 1. The van der Waals surface area contributed by atoms with Crippen molar-refractivity contribution in [3.63, 3.8) is 0 Å². The molecule has 1 aliphatic heterocycles. The summed E-state index contributed by atoms with van der Waals surface area (Å²) in [4.78, 5) is 0. The van der Waals surface area contributed by atoms with Gasteiger partial charge in [-0.2, -0.15) is 5.26 Å². The molecule has 2 N–H and O–H groups in total. The SMILES string of the molecule is N#CCCNC1CNC1. The molecule has 0 bridgehead atoms. The maximum Gasteiger partial charge on any atom is 0.0635 e. The van der Waals surface area contributed by atoms with Gasteiger partial charge in [-0.1, -0.05) is 0 Å². The van der Waals surface area contributed by atoms with E-state index in [1.54, 1.807) is 0 Å². The van der Waals surface area contributed by atoms with Gasteiger partial charge in [0.1, 0.15) is 0 Å². The topological polar surface area (TPSA) is 47.9 Å². The summed E-state index contributed by atoms with van der Waals surface area (Å²) in [5.74, 6) is 0. The highest BCUT2D eigenvalue weighted by Gasteiger charge is 2.14. The predicted octanol–water partition coefficient (Wildman–Crippen LogP) is -0.539. The number of hydrogen-bond acceptors (Lipinski definition) is 3. The largest absolute Gasteiger partial charge is 0.314 e. The third kappa shape index (κ3) is 2.00. The van der Waals surface area contributed by atoms with Crippen LogP contribution < -0.4 is 10.6 Å². The highest BCUT2D eigenvalue weighted by Crippen LogP contribution is 1.89. The molecule has 0 radical (unpaired) electrons. The Kier molecular flexibility index (Phi) is 2.49. The second kappa shape index (κ2) is 3.44. The molecular formula is C6H11N3. The van der Waals surface area contributed by atoms with E-state index >= 15 is 0 Å². The lowest BCUT2D eigenvalue weighted by atomic mass is 10.2. The third-order valence-corrected chi connectivity index (χ3v) is 1.45. The molecule has 3 nitrogen and oxygen atoms in total. The minimum absolute atomic E-state index is 0.622. The second-order valence-electron chi connectivity index (χ2n) is 2.22. The van der Waals surface area contributed by atoms with Gasteiger partial charge in [-0.15, -0.1) is 0 Å². The van der Waals surface area contributed by atoms with E-state index in [9.17, 15) is 0 Å². The summed E-state index contributed by atoms with van der Waals surface area (Å²) in [5.41, 5.74) is 0. The van der Waals surface area contributed by atoms with Gasteiger partial charge >= 0.3 is 0 Å².